The minimum absolute atomic E-state index is 0.0961. The number of likely N-dealkylation sites (N-methyl/N-ethyl adjacent to an activating group) is 1. The Kier molecular flexibility index (Phi) is 5.34. The molecular weight excluding hydrogens is 321 g/mol. The molecule has 1 atom stereocenters. The van der Waals surface area contributed by atoms with Crippen molar-refractivity contribution in [2.45, 2.75) is 26.8 Å². The number of hydrogen-bond donors (Lipinski definition) is 0. The Hall–Kier alpha value is -0.880. The number of nitrogens with zero attached hydrogens (tertiary/aromatic N) is 3. The topological polar surface area (TPSA) is 55.2 Å². The van der Waals surface area contributed by atoms with Gasteiger partial charge in [-0.1, -0.05) is 11.6 Å². The highest BCUT2D eigenvalue weighted by atomic mass is 79.9. The van der Waals surface area contributed by atoms with Crippen LogP contribution in [0, 0.1) is 0 Å². The maximum absolute atomic E-state index is 12.1. The molecule has 0 bridgehead atoms. The molecule has 0 saturated heterocycles. The fourth-order valence-electron chi connectivity index (χ4n) is 1.62. The third-order valence-corrected chi connectivity index (χ3v) is 3.98. The molecule has 7 heteroatoms. The predicted molar refractivity (Wildman–Crippen MR) is 73.8 cm³/mol. The van der Waals surface area contributed by atoms with Gasteiger partial charge in [0.25, 0.3) is 5.56 Å². The van der Waals surface area contributed by atoms with Crippen molar-refractivity contribution in [1.29, 1.82) is 0 Å². The van der Waals surface area contributed by atoms with E-state index in [4.69, 9.17) is 11.6 Å². The minimum atomic E-state index is -0.599. The number of carbonyl (C=O) groups excluding carboxylic acids is 1. The van der Waals surface area contributed by atoms with Crippen LogP contribution in [-0.4, -0.2) is 33.4 Å². The van der Waals surface area contributed by atoms with Gasteiger partial charge in [0.05, 0.1) is 6.33 Å². The fraction of sp³-hybridized carbons (Fsp3) is 0.545. The molecule has 0 fully saturated rings. The first-order valence-electron chi connectivity index (χ1n) is 5.64. The summed E-state index contributed by atoms with van der Waals surface area (Å²) in [4.78, 5) is 29.6. The summed E-state index contributed by atoms with van der Waals surface area (Å²) >= 11 is 8.79. The molecule has 0 spiro atoms. The molecule has 0 saturated carbocycles. The molecule has 0 radical (unpaired) electrons. The smallest absolute Gasteiger partial charge is 0.269 e. The highest BCUT2D eigenvalue weighted by Gasteiger charge is 2.22. The number of halogens is 2. The predicted octanol–water partition coefficient (Wildman–Crippen LogP) is 2.09. The first-order chi connectivity index (χ1) is 8.43. The molecule has 1 heterocycles. The molecule has 0 N–H and O–H groups in total. The lowest BCUT2D eigenvalue weighted by Crippen LogP contribution is -2.39. The lowest BCUT2D eigenvalue weighted by Gasteiger charge is -2.23. The fourth-order valence-corrected chi connectivity index (χ4v) is 2.05. The van der Waals surface area contributed by atoms with Crippen LogP contribution in [0.4, 0.5) is 0 Å². The standard InChI is InChI=1S/C11H15BrClN3O2/c1-4-15(5-2)10(17)7(3)16-6-14-9(13)8(12)11(16)18/h6-7H,4-5H2,1-3H3. The van der Waals surface area contributed by atoms with Crippen molar-refractivity contribution in [1.82, 2.24) is 14.5 Å². The van der Waals surface area contributed by atoms with Gasteiger partial charge in [-0.05, 0) is 36.7 Å². The summed E-state index contributed by atoms with van der Waals surface area (Å²) in [5, 5.41) is 0.0961. The molecule has 1 amide bonds. The molecular formula is C11H15BrClN3O2. The summed E-state index contributed by atoms with van der Waals surface area (Å²) in [6, 6.07) is -0.599. The van der Waals surface area contributed by atoms with E-state index in [1.807, 2.05) is 13.8 Å². The largest absolute Gasteiger partial charge is 0.341 e. The third kappa shape index (κ3) is 2.92. The highest BCUT2D eigenvalue weighted by Crippen LogP contribution is 2.16. The molecule has 1 aromatic heterocycles. The van der Waals surface area contributed by atoms with Crippen molar-refractivity contribution in [2.24, 2.45) is 0 Å². The number of rotatable bonds is 4. The van der Waals surface area contributed by atoms with Crippen LogP contribution in [0.3, 0.4) is 0 Å². The Balaban J connectivity index is 3.12. The average Bonchev–Trinajstić information content (AvgIpc) is 2.36. The first-order valence-corrected chi connectivity index (χ1v) is 6.82. The van der Waals surface area contributed by atoms with E-state index in [1.54, 1.807) is 11.8 Å². The molecule has 0 aliphatic rings. The monoisotopic (exact) mass is 335 g/mol. The van der Waals surface area contributed by atoms with Gasteiger partial charge in [0.1, 0.15) is 10.5 Å². The van der Waals surface area contributed by atoms with Crippen molar-refractivity contribution in [3.63, 3.8) is 0 Å². The second kappa shape index (κ2) is 6.33. The van der Waals surface area contributed by atoms with Crippen molar-refractivity contribution in [3.05, 3.63) is 26.3 Å². The van der Waals surface area contributed by atoms with Crippen LogP contribution >= 0.6 is 27.5 Å². The molecule has 5 nitrogen and oxygen atoms in total. The van der Waals surface area contributed by atoms with Crippen molar-refractivity contribution >= 4 is 33.4 Å². The van der Waals surface area contributed by atoms with Crippen molar-refractivity contribution in [3.8, 4) is 0 Å². The minimum Gasteiger partial charge on any atom is -0.341 e. The Morgan fingerprint density at radius 1 is 1.56 bits per heavy atom. The van der Waals surface area contributed by atoms with E-state index < -0.39 is 6.04 Å². The zero-order valence-corrected chi connectivity index (χ0v) is 12.8. The van der Waals surface area contributed by atoms with Crippen molar-refractivity contribution in [2.75, 3.05) is 13.1 Å². The van der Waals surface area contributed by atoms with E-state index >= 15 is 0 Å². The third-order valence-electron chi connectivity index (χ3n) is 2.75. The van der Waals surface area contributed by atoms with Gasteiger partial charge in [-0.15, -0.1) is 0 Å². The molecule has 100 valence electrons. The van der Waals surface area contributed by atoms with Gasteiger partial charge in [0, 0.05) is 13.1 Å². The summed E-state index contributed by atoms with van der Waals surface area (Å²) in [6.45, 7) is 6.68. The van der Waals surface area contributed by atoms with Crippen LogP contribution in [-0.2, 0) is 4.79 Å². The van der Waals surface area contributed by atoms with E-state index in [0.29, 0.717) is 13.1 Å². The van der Waals surface area contributed by atoms with Crippen LogP contribution in [0.5, 0.6) is 0 Å². The number of carbonyl (C=O) groups is 1. The van der Waals surface area contributed by atoms with Crippen LogP contribution in [0.15, 0.2) is 15.6 Å². The molecule has 1 rings (SSSR count). The maximum atomic E-state index is 12.1. The van der Waals surface area contributed by atoms with Gasteiger partial charge in [-0.25, -0.2) is 4.98 Å². The summed E-state index contributed by atoms with van der Waals surface area (Å²) < 4.78 is 1.45. The van der Waals surface area contributed by atoms with Gasteiger partial charge in [0.15, 0.2) is 5.15 Å². The van der Waals surface area contributed by atoms with Gasteiger partial charge in [-0.3, -0.25) is 14.2 Å². The second-order valence-electron chi connectivity index (χ2n) is 3.75. The Labute approximate surface area is 119 Å². The summed E-state index contributed by atoms with van der Waals surface area (Å²) in [7, 11) is 0. The Bertz CT molecular complexity index is 500. The van der Waals surface area contributed by atoms with Crippen LogP contribution < -0.4 is 5.56 Å². The van der Waals surface area contributed by atoms with E-state index in [1.165, 1.54) is 10.9 Å². The first kappa shape index (κ1) is 15.2. The van der Waals surface area contributed by atoms with E-state index in [2.05, 4.69) is 20.9 Å². The lowest BCUT2D eigenvalue weighted by atomic mass is 10.2. The summed E-state index contributed by atoms with van der Waals surface area (Å²) in [5.74, 6) is -0.113. The summed E-state index contributed by atoms with van der Waals surface area (Å²) in [6.07, 6.45) is 1.29. The van der Waals surface area contributed by atoms with E-state index in [-0.39, 0.29) is 21.1 Å². The van der Waals surface area contributed by atoms with Gasteiger partial charge >= 0.3 is 0 Å². The normalized spacial score (nSPS) is 12.3. The van der Waals surface area contributed by atoms with Crippen LogP contribution in [0.2, 0.25) is 5.15 Å². The van der Waals surface area contributed by atoms with Crippen molar-refractivity contribution < 1.29 is 4.79 Å². The summed E-state index contributed by atoms with van der Waals surface area (Å²) in [5.41, 5.74) is -0.358. The zero-order valence-electron chi connectivity index (χ0n) is 10.5. The Morgan fingerprint density at radius 2 is 2.11 bits per heavy atom. The quantitative estimate of drug-likeness (QED) is 0.791. The lowest BCUT2D eigenvalue weighted by molar-refractivity contribution is -0.134. The number of hydrogen-bond acceptors (Lipinski definition) is 3. The number of aromatic nitrogens is 2. The average molecular weight is 337 g/mol. The van der Waals surface area contributed by atoms with E-state index in [0.717, 1.165) is 0 Å². The molecule has 0 aromatic carbocycles. The van der Waals surface area contributed by atoms with Crippen LogP contribution in [0.1, 0.15) is 26.8 Å². The van der Waals surface area contributed by atoms with Gasteiger partial charge in [0.2, 0.25) is 5.91 Å². The molecule has 0 aliphatic carbocycles. The SMILES string of the molecule is CCN(CC)C(=O)C(C)n1cnc(Cl)c(Br)c1=O. The molecule has 18 heavy (non-hydrogen) atoms. The molecule has 1 aromatic rings. The van der Waals surface area contributed by atoms with Gasteiger partial charge < -0.3 is 4.90 Å². The zero-order chi connectivity index (χ0) is 13.9. The maximum Gasteiger partial charge on any atom is 0.269 e. The molecule has 0 aliphatic heterocycles. The van der Waals surface area contributed by atoms with Crippen LogP contribution in [0.25, 0.3) is 0 Å². The second-order valence-corrected chi connectivity index (χ2v) is 4.90. The Morgan fingerprint density at radius 3 is 2.61 bits per heavy atom. The highest BCUT2D eigenvalue weighted by molar-refractivity contribution is 9.10. The molecule has 1 unspecified atom stereocenters. The van der Waals surface area contributed by atoms with E-state index in [9.17, 15) is 9.59 Å². The van der Waals surface area contributed by atoms with Gasteiger partial charge in [-0.2, -0.15) is 0 Å². The number of amides is 1.